The molecule has 0 aliphatic carbocycles. The summed E-state index contributed by atoms with van der Waals surface area (Å²) in [6.45, 7) is 2.73. The molecule has 1 fully saturated rings. The van der Waals surface area contributed by atoms with Gasteiger partial charge >= 0.3 is 0 Å². The fourth-order valence-electron chi connectivity index (χ4n) is 7.12. The summed E-state index contributed by atoms with van der Waals surface area (Å²) in [5, 5.41) is 0. The lowest BCUT2D eigenvalue weighted by atomic mass is 9.70. The first-order valence-corrected chi connectivity index (χ1v) is 15.6. The van der Waals surface area contributed by atoms with E-state index in [-0.39, 0.29) is 5.91 Å². The molecule has 1 amide bonds. The molecule has 0 spiro atoms. The van der Waals surface area contributed by atoms with E-state index in [0.717, 1.165) is 60.5 Å². The fourth-order valence-corrected chi connectivity index (χ4v) is 7.12. The van der Waals surface area contributed by atoms with E-state index in [9.17, 15) is 4.79 Å². The number of likely N-dealkylation sites (N-methyl/N-ethyl adjacent to an activating group) is 1. The molecule has 5 nitrogen and oxygen atoms in total. The number of rotatable bonds is 6. The summed E-state index contributed by atoms with van der Waals surface area (Å²) < 4.78 is 2.25. The highest BCUT2D eigenvalue weighted by atomic mass is 16.2. The molecule has 3 heterocycles. The number of para-hydroxylation sites is 2. The van der Waals surface area contributed by atoms with Gasteiger partial charge in [-0.2, -0.15) is 0 Å². The topological polar surface area (TPSA) is 41.4 Å². The number of amides is 1. The minimum absolute atomic E-state index is 0.121. The maximum Gasteiger partial charge on any atom is 0.237 e. The number of carbonyl (C=O) groups is 1. The van der Waals surface area contributed by atoms with E-state index in [4.69, 9.17) is 4.98 Å². The van der Waals surface area contributed by atoms with Crippen molar-refractivity contribution in [2.75, 3.05) is 33.7 Å². The molecule has 5 aromatic rings. The first-order valence-electron chi connectivity index (χ1n) is 15.6. The summed E-state index contributed by atoms with van der Waals surface area (Å²) in [6, 6.07) is 37.7. The summed E-state index contributed by atoms with van der Waals surface area (Å²) in [7, 11) is 3.74. The van der Waals surface area contributed by atoms with Crippen molar-refractivity contribution in [1.82, 2.24) is 19.4 Å². The molecule has 2 aliphatic heterocycles. The molecule has 0 N–H and O–H groups in total. The van der Waals surface area contributed by atoms with Gasteiger partial charge in [-0.05, 0) is 66.3 Å². The third kappa shape index (κ3) is 4.87. The molecule has 0 bridgehead atoms. The van der Waals surface area contributed by atoms with Crippen LogP contribution in [0.1, 0.15) is 47.3 Å². The molecule has 0 radical (unpaired) electrons. The van der Waals surface area contributed by atoms with Gasteiger partial charge in [0.15, 0.2) is 0 Å². The number of hydrogen-bond acceptors (Lipinski definition) is 3. The van der Waals surface area contributed by atoms with Crippen molar-refractivity contribution in [3.63, 3.8) is 0 Å². The molecule has 5 heteroatoms. The lowest BCUT2D eigenvalue weighted by molar-refractivity contribution is -0.133. The van der Waals surface area contributed by atoms with Gasteiger partial charge in [-0.3, -0.25) is 9.36 Å². The number of hydrogen-bond donors (Lipinski definition) is 0. The van der Waals surface area contributed by atoms with Crippen molar-refractivity contribution in [1.29, 1.82) is 0 Å². The summed E-state index contributed by atoms with van der Waals surface area (Å²) in [6.07, 6.45) is 7.04. The average molecular weight is 579 g/mol. The van der Waals surface area contributed by atoms with Gasteiger partial charge in [-0.1, -0.05) is 103 Å². The number of piperidine rings is 1. The summed E-state index contributed by atoms with van der Waals surface area (Å²) in [5.74, 6) is 1.15. The van der Waals surface area contributed by atoms with Crippen molar-refractivity contribution >= 4 is 34.8 Å². The second-order valence-corrected chi connectivity index (χ2v) is 12.1. The van der Waals surface area contributed by atoms with Gasteiger partial charge in [0.25, 0.3) is 0 Å². The molecular formula is C39H38N4O. The highest BCUT2D eigenvalue weighted by molar-refractivity contribution is 5.94. The Morgan fingerprint density at radius 2 is 1.41 bits per heavy atom. The van der Waals surface area contributed by atoms with Gasteiger partial charge in [-0.25, -0.2) is 4.98 Å². The summed E-state index contributed by atoms with van der Waals surface area (Å²) in [4.78, 5) is 23.6. The molecule has 2 aliphatic rings. The first kappa shape index (κ1) is 28.1. The predicted molar refractivity (Wildman–Crippen MR) is 180 cm³/mol. The van der Waals surface area contributed by atoms with Crippen molar-refractivity contribution < 1.29 is 4.79 Å². The van der Waals surface area contributed by atoms with Crippen molar-refractivity contribution in [2.24, 2.45) is 0 Å². The molecule has 0 atom stereocenters. The van der Waals surface area contributed by atoms with Crippen molar-refractivity contribution in [3.05, 3.63) is 143 Å². The third-order valence-corrected chi connectivity index (χ3v) is 9.37. The monoisotopic (exact) mass is 578 g/mol. The van der Waals surface area contributed by atoms with Crippen LogP contribution in [0.15, 0.2) is 115 Å². The van der Waals surface area contributed by atoms with Crippen LogP contribution in [0.2, 0.25) is 0 Å². The lowest BCUT2D eigenvalue weighted by Crippen LogP contribution is -2.47. The van der Waals surface area contributed by atoms with Gasteiger partial charge < -0.3 is 9.80 Å². The van der Waals surface area contributed by atoms with E-state index >= 15 is 0 Å². The summed E-state index contributed by atoms with van der Waals surface area (Å²) >= 11 is 0. The minimum atomic E-state index is -0.748. The maximum atomic E-state index is 14.1. The first-order chi connectivity index (χ1) is 21.6. The second-order valence-electron chi connectivity index (χ2n) is 12.1. The minimum Gasteiger partial charge on any atom is -0.348 e. The predicted octanol–water partition coefficient (Wildman–Crippen LogP) is 7.34. The van der Waals surface area contributed by atoms with Crippen LogP contribution in [-0.4, -0.2) is 59.0 Å². The van der Waals surface area contributed by atoms with Gasteiger partial charge in [0.1, 0.15) is 11.2 Å². The Labute approximate surface area is 259 Å². The standard InChI is InChI=1S/C39H38N4O/c1-41(2)38(44)39(31-14-5-3-6-15-31,32-16-7-4-8-17-32)24-28-42-25-21-30(22-26-42)36-33-18-10-9-13-29(33)23-27-43-35-20-12-11-19-34(35)40-37(36)43/h3-20,23,27H,21-22,24-26,28H2,1-2H3. The number of nitrogens with zero attached hydrogens (tertiary/aromatic N) is 4. The molecule has 0 saturated carbocycles. The number of benzene rings is 4. The Kier molecular flexibility index (Phi) is 7.49. The van der Waals surface area contributed by atoms with E-state index in [1.54, 1.807) is 4.90 Å². The number of likely N-dealkylation sites (tertiary alicyclic amines) is 1. The van der Waals surface area contributed by atoms with Crippen LogP contribution in [0.5, 0.6) is 0 Å². The third-order valence-electron chi connectivity index (χ3n) is 9.37. The number of aromatic nitrogens is 2. The average Bonchev–Trinajstić information content (AvgIpc) is 3.35. The molecule has 0 unspecified atom stereocenters. The molecule has 1 aromatic heterocycles. The van der Waals surface area contributed by atoms with Gasteiger partial charge in [0.05, 0.1) is 11.0 Å². The van der Waals surface area contributed by atoms with Crippen LogP contribution in [0, 0.1) is 0 Å². The van der Waals surface area contributed by atoms with Gasteiger partial charge in [0.2, 0.25) is 5.91 Å². The van der Waals surface area contributed by atoms with Crippen molar-refractivity contribution in [2.45, 2.75) is 24.7 Å². The molecule has 44 heavy (non-hydrogen) atoms. The van der Waals surface area contributed by atoms with Crippen LogP contribution in [-0.2, 0) is 10.2 Å². The van der Waals surface area contributed by atoms with E-state index in [1.165, 1.54) is 22.3 Å². The van der Waals surface area contributed by atoms with Crippen LogP contribution in [0.4, 0.5) is 0 Å². The van der Waals surface area contributed by atoms with Crippen LogP contribution < -0.4 is 0 Å². The number of imidazole rings is 1. The summed E-state index contributed by atoms with van der Waals surface area (Å²) in [5.41, 5.74) is 8.70. The second kappa shape index (κ2) is 11.7. The Morgan fingerprint density at radius 3 is 2.09 bits per heavy atom. The van der Waals surface area contributed by atoms with Gasteiger partial charge in [-0.15, -0.1) is 0 Å². The maximum absolute atomic E-state index is 14.1. The smallest absolute Gasteiger partial charge is 0.237 e. The molecule has 7 rings (SSSR count). The van der Waals surface area contributed by atoms with Gasteiger partial charge in [0, 0.05) is 39.0 Å². The van der Waals surface area contributed by atoms with E-state index < -0.39 is 5.41 Å². The Hall–Kier alpha value is -4.74. The number of carbonyl (C=O) groups excluding carboxylic acids is 1. The quantitative estimate of drug-likeness (QED) is 0.208. The molecule has 4 aromatic carbocycles. The Balaban J connectivity index is 1.21. The SMILES string of the molecule is CN(C)C(=O)C(CCN1CCC(=C2c3ccccc3C=Cn3c2nc2ccccc23)CC1)(c1ccccc1)c1ccccc1. The zero-order valence-electron chi connectivity index (χ0n) is 25.5. The largest absolute Gasteiger partial charge is 0.348 e. The van der Waals surface area contributed by atoms with E-state index in [1.807, 2.05) is 50.5 Å². The van der Waals surface area contributed by atoms with Crippen LogP contribution >= 0.6 is 0 Å². The highest BCUT2D eigenvalue weighted by Crippen LogP contribution is 2.40. The highest BCUT2D eigenvalue weighted by Gasteiger charge is 2.43. The zero-order chi connectivity index (χ0) is 30.1. The van der Waals surface area contributed by atoms with Crippen LogP contribution in [0.3, 0.4) is 0 Å². The zero-order valence-corrected chi connectivity index (χ0v) is 25.5. The molecule has 1 saturated heterocycles. The Bertz CT molecular complexity index is 1820. The van der Waals surface area contributed by atoms with E-state index in [2.05, 4.69) is 94.5 Å². The number of fused-ring (bicyclic) bond motifs is 4. The normalized spacial score (nSPS) is 15.1. The van der Waals surface area contributed by atoms with Crippen LogP contribution in [0.25, 0.3) is 28.9 Å². The lowest BCUT2D eigenvalue weighted by Gasteiger charge is -2.38. The Morgan fingerprint density at radius 1 is 0.795 bits per heavy atom. The van der Waals surface area contributed by atoms with Crippen molar-refractivity contribution in [3.8, 4) is 0 Å². The molecular weight excluding hydrogens is 540 g/mol. The van der Waals surface area contributed by atoms with E-state index in [0.29, 0.717) is 6.42 Å². The molecule has 220 valence electrons. The fraction of sp³-hybridized carbons (Fsp3) is 0.231.